The minimum atomic E-state index is -3.25. The number of rotatable bonds is 10. The van der Waals surface area contributed by atoms with Gasteiger partial charge in [0.05, 0.1) is 6.26 Å². The van der Waals surface area contributed by atoms with Crippen LogP contribution in [0.4, 0.5) is 5.69 Å². The van der Waals surface area contributed by atoms with E-state index in [1.165, 1.54) is 4.43 Å². The average molecular weight is 645 g/mol. The second kappa shape index (κ2) is 11.4. The van der Waals surface area contributed by atoms with E-state index in [9.17, 15) is 13.7 Å². The van der Waals surface area contributed by atoms with Crippen LogP contribution in [0.1, 0.15) is 40.0 Å². The third kappa shape index (κ3) is 6.64. The number of nitrogens with one attached hydrogen (secondary N) is 1. The molecule has 0 bridgehead atoms. The Morgan fingerprint density at radius 2 is 2.00 bits per heavy atom. The Morgan fingerprint density at radius 1 is 1.28 bits per heavy atom. The molecule has 0 aliphatic carbocycles. The molecule has 10 heteroatoms. The van der Waals surface area contributed by atoms with Crippen LogP contribution in [0.5, 0.6) is 5.75 Å². The third-order valence-electron chi connectivity index (χ3n) is 6.60. The number of ether oxygens (including phenoxy) is 2. The first-order valence-corrected chi connectivity index (χ1v) is 17.1. The zero-order chi connectivity index (χ0) is 25.9. The van der Waals surface area contributed by atoms with E-state index in [4.69, 9.17) is 21.1 Å². The number of alkyl halides is 3. The zero-order valence-corrected chi connectivity index (χ0v) is 24.5. The summed E-state index contributed by atoms with van der Waals surface area (Å²) in [4.78, 5) is 2.22. The monoisotopic (exact) mass is 644 g/mol. The summed E-state index contributed by atoms with van der Waals surface area (Å²) in [6.45, 7) is 6.94. The van der Waals surface area contributed by atoms with Gasteiger partial charge in [0.15, 0.2) is 0 Å². The fourth-order valence-electron chi connectivity index (χ4n) is 4.42. The normalized spacial score (nSPS) is 20.4. The van der Waals surface area contributed by atoms with Crippen molar-refractivity contribution in [2.24, 2.45) is 0 Å². The predicted molar refractivity (Wildman–Crippen MR) is 138 cm³/mol. The Labute approximate surface area is 229 Å². The van der Waals surface area contributed by atoms with Gasteiger partial charge in [0.1, 0.15) is 0 Å². The van der Waals surface area contributed by atoms with Gasteiger partial charge in [-0.25, -0.2) is 13.1 Å². The zero-order valence-electron chi connectivity index (χ0n) is 20.8. The van der Waals surface area contributed by atoms with Crippen molar-refractivity contribution in [1.82, 2.24) is 4.72 Å². The van der Waals surface area contributed by atoms with Crippen LogP contribution in [0.15, 0.2) is 36.4 Å². The quantitative estimate of drug-likeness (QED) is 0.298. The SMILES string of the molecule is CC(C)(c1ccc(N2CCOC(CNS(C)(=O)=O)C2)cc1)c1cc(C#N)c(OCCCl)c(C2C[I-]2)c1. The van der Waals surface area contributed by atoms with Crippen molar-refractivity contribution in [1.29, 1.82) is 5.26 Å². The summed E-state index contributed by atoms with van der Waals surface area (Å²) in [5, 5.41) is 9.88. The summed E-state index contributed by atoms with van der Waals surface area (Å²) >= 11 is 5.99. The van der Waals surface area contributed by atoms with E-state index in [-0.39, 0.29) is 39.3 Å². The van der Waals surface area contributed by atoms with Gasteiger partial charge in [-0.1, -0.05) is 0 Å². The summed E-state index contributed by atoms with van der Waals surface area (Å²) in [6.07, 6.45) is 0.959. The Bertz CT molecular complexity index is 1230. The van der Waals surface area contributed by atoms with Crippen LogP contribution < -0.4 is 35.6 Å². The molecule has 2 aliphatic heterocycles. The molecule has 0 spiro atoms. The summed E-state index contributed by atoms with van der Waals surface area (Å²) in [5.41, 5.74) is 4.78. The molecule has 0 amide bonds. The second-order valence-corrected chi connectivity index (χ2v) is 15.1. The predicted octanol–water partition coefficient (Wildman–Crippen LogP) is 0.400. The molecule has 2 heterocycles. The van der Waals surface area contributed by atoms with E-state index in [0.29, 0.717) is 40.9 Å². The van der Waals surface area contributed by atoms with Crippen LogP contribution in [-0.2, 0) is 20.2 Å². The number of hydrogen-bond donors (Lipinski definition) is 1. The van der Waals surface area contributed by atoms with Gasteiger partial charge in [-0.15, -0.1) is 0 Å². The van der Waals surface area contributed by atoms with E-state index in [1.807, 2.05) is 6.07 Å². The van der Waals surface area contributed by atoms with Gasteiger partial charge in [0.2, 0.25) is 10.0 Å². The molecule has 2 atom stereocenters. The summed E-state index contributed by atoms with van der Waals surface area (Å²) in [6, 6.07) is 15.0. The number of anilines is 1. The van der Waals surface area contributed by atoms with Gasteiger partial charge in [-0.2, -0.15) is 0 Å². The molecule has 0 aromatic heterocycles. The van der Waals surface area contributed by atoms with Crippen LogP contribution >= 0.6 is 11.6 Å². The van der Waals surface area contributed by atoms with Crippen molar-refractivity contribution < 1.29 is 39.1 Å². The van der Waals surface area contributed by atoms with Crippen LogP contribution in [0.3, 0.4) is 0 Å². The first-order valence-electron chi connectivity index (χ1n) is 11.9. The van der Waals surface area contributed by atoms with Gasteiger partial charge in [0, 0.05) is 6.54 Å². The van der Waals surface area contributed by atoms with E-state index < -0.39 is 10.0 Å². The Balaban J connectivity index is 1.55. The molecule has 2 fully saturated rings. The van der Waals surface area contributed by atoms with Gasteiger partial charge < -0.3 is 4.74 Å². The number of halogens is 2. The molecule has 0 radical (unpaired) electrons. The van der Waals surface area contributed by atoms with Gasteiger partial charge in [-0.05, 0) is 0 Å². The number of benzene rings is 2. The van der Waals surface area contributed by atoms with Crippen molar-refractivity contribution in [3.05, 3.63) is 58.7 Å². The van der Waals surface area contributed by atoms with Crippen molar-refractivity contribution in [2.75, 3.05) is 54.3 Å². The minimum absolute atomic E-state index is 0.138. The van der Waals surface area contributed by atoms with Crippen LogP contribution in [0.25, 0.3) is 0 Å². The van der Waals surface area contributed by atoms with E-state index in [0.717, 1.165) is 35.2 Å². The topological polar surface area (TPSA) is 91.7 Å². The fraction of sp³-hybridized carbons (Fsp3) is 0.500. The molecular weight excluding hydrogens is 613 g/mol. The molecule has 7 nitrogen and oxygen atoms in total. The summed E-state index contributed by atoms with van der Waals surface area (Å²) in [5.74, 6) is 1.10. The Hall–Kier alpha value is -1.58. The molecule has 0 saturated carbocycles. The molecule has 2 aromatic rings. The molecule has 2 aromatic carbocycles. The Morgan fingerprint density at radius 3 is 2.61 bits per heavy atom. The van der Waals surface area contributed by atoms with Gasteiger partial charge in [-0.3, -0.25) is 0 Å². The third-order valence-corrected chi connectivity index (χ3v) is 9.87. The maximum atomic E-state index is 11.4. The van der Waals surface area contributed by atoms with Gasteiger partial charge >= 0.3 is 190 Å². The van der Waals surface area contributed by atoms with Crippen LogP contribution in [0.2, 0.25) is 0 Å². The molecule has 36 heavy (non-hydrogen) atoms. The van der Waals surface area contributed by atoms with Crippen LogP contribution in [0, 0.1) is 11.3 Å². The molecule has 2 saturated heterocycles. The van der Waals surface area contributed by atoms with E-state index in [1.54, 1.807) is 0 Å². The van der Waals surface area contributed by atoms with Crippen LogP contribution in [-0.4, -0.2) is 63.9 Å². The number of sulfonamides is 1. The molecule has 2 aliphatic rings. The number of hydrogen-bond acceptors (Lipinski definition) is 6. The second-order valence-electron chi connectivity index (χ2n) is 9.60. The Kier molecular flexibility index (Phi) is 8.72. The number of morpholine rings is 1. The van der Waals surface area contributed by atoms with Gasteiger partial charge in [0.25, 0.3) is 0 Å². The van der Waals surface area contributed by atoms with Crippen molar-refractivity contribution >= 4 is 27.3 Å². The maximum absolute atomic E-state index is 11.4. The standard InChI is InChI=1S/C26H32ClIN3O4S/c1-26(2,20-12-18(15-29)25(35-10-8-27)23(13-20)24-14-28-24)19-4-6-21(7-5-19)31-9-11-34-22(17-31)16-30-36(3,32)33/h4-7,12-13,22,24,30H,8-11,14,16-17H2,1-3H3/q-1. The molecule has 4 rings (SSSR count). The van der Waals surface area contributed by atoms with Crippen molar-refractivity contribution in [3.8, 4) is 11.8 Å². The van der Waals surface area contributed by atoms with Crippen molar-refractivity contribution in [2.45, 2.75) is 29.3 Å². The molecule has 1 N–H and O–H groups in total. The van der Waals surface area contributed by atoms with Crippen molar-refractivity contribution in [3.63, 3.8) is 0 Å². The fourth-order valence-corrected chi connectivity index (χ4v) is 6.65. The summed E-state index contributed by atoms with van der Waals surface area (Å²) < 4.78 is 38.8. The first-order chi connectivity index (χ1) is 17.1. The van der Waals surface area contributed by atoms with E-state index in [2.05, 4.69) is 59.9 Å². The number of nitriles is 1. The van der Waals surface area contributed by atoms with E-state index >= 15 is 0 Å². The average Bonchev–Trinajstić information content (AvgIpc) is 3.71. The molecular formula is C26H32ClIN3O4S-. The molecule has 196 valence electrons. The number of nitrogens with zero attached hydrogens (tertiary/aromatic N) is 2. The summed E-state index contributed by atoms with van der Waals surface area (Å²) in [7, 11) is -3.25. The first kappa shape index (κ1) is 27.5. The molecule has 2 unspecified atom stereocenters.